The maximum atomic E-state index is 13.1. The molecule has 2 fully saturated rings. The van der Waals surface area contributed by atoms with Crippen molar-refractivity contribution < 1.29 is 18.0 Å². The fraction of sp³-hybridized carbons (Fsp3) is 0.400. The molecule has 0 spiro atoms. The van der Waals surface area contributed by atoms with Gasteiger partial charge in [-0.2, -0.15) is 13.2 Å². The molecule has 1 amide bonds. The first-order chi connectivity index (χ1) is 17.6. The molecule has 4 nitrogen and oxygen atoms in total. The van der Waals surface area contributed by atoms with Crippen molar-refractivity contribution in [3.63, 3.8) is 0 Å². The van der Waals surface area contributed by atoms with Crippen LogP contribution in [0.3, 0.4) is 0 Å². The van der Waals surface area contributed by atoms with Crippen molar-refractivity contribution in [2.75, 3.05) is 10.6 Å². The van der Waals surface area contributed by atoms with Crippen molar-refractivity contribution >= 4 is 23.1 Å². The Morgan fingerprint density at radius 2 is 1.65 bits per heavy atom. The van der Waals surface area contributed by atoms with E-state index < -0.39 is 11.7 Å². The molecule has 2 aliphatic carbocycles. The van der Waals surface area contributed by atoms with E-state index in [4.69, 9.17) is 0 Å². The van der Waals surface area contributed by atoms with Crippen molar-refractivity contribution in [2.24, 2.45) is 17.8 Å². The number of nitrogens with one attached hydrogen (secondary N) is 2. The summed E-state index contributed by atoms with van der Waals surface area (Å²) in [6.07, 6.45) is 3.45. The number of hydrogen-bond acceptors (Lipinski definition) is 3. The van der Waals surface area contributed by atoms with E-state index in [1.165, 1.54) is 56.0 Å². The second-order valence-electron chi connectivity index (χ2n) is 11.1. The highest BCUT2D eigenvalue weighted by Gasteiger charge is 2.41. The van der Waals surface area contributed by atoms with Gasteiger partial charge < -0.3 is 10.6 Å². The predicted molar refractivity (Wildman–Crippen MR) is 140 cm³/mol. The molecule has 2 unspecified atom stereocenters. The van der Waals surface area contributed by atoms with E-state index in [2.05, 4.69) is 41.6 Å². The topological polar surface area (TPSA) is 54.0 Å². The summed E-state index contributed by atoms with van der Waals surface area (Å²) in [7, 11) is 0. The third kappa shape index (κ3) is 5.65. The van der Waals surface area contributed by atoms with E-state index in [1.807, 2.05) is 12.1 Å². The predicted octanol–water partition coefficient (Wildman–Crippen LogP) is 8.20. The lowest BCUT2D eigenvalue weighted by molar-refractivity contribution is -0.137. The van der Waals surface area contributed by atoms with Gasteiger partial charge in [-0.25, -0.2) is 4.98 Å². The number of fused-ring (bicyclic) bond motifs is 2. The average Bonchev–Trinajstić information content (AvgIpc) is 2.83. The van der Waals surface area contributed by atoms with Gasteiger partial charge in [0.25, 0.3) is 5.91 Å². The van der Waals surface area contributed by atoms with Crippen LogP contribution < -0.4 is 10.6 Å². The Hall–Kier alpha value is -3.35. The number of carbonyl (C=O) groups excluding carboxylic acids is 1. The molecular formula is C30H32F3N3O. The van der Waals surface area contributed by atoms with E-state index >= 15 is 0 Å². The van der Waals surface area contributed by atoms with Gasteiger partial charge >= 0.3 is 6.18 Å². The minimum Gasteiger partial charge on any atom is -0.340 e. The summed E-state index contributed by atoms with van der Waals surface area (Å²) >= 11 is 0. The summed E-state index contributed by atoms with van der Waals surface area (Å²) in [6.45, 7) is 4.75. The number of benzene rings is 2. The first kappa shape index (κ1) is 25.3. The zero-order chi connectivity index (χ0) is 26.2. The minimum atomic E-state index is -4.46. The van der Waals surface area contributed by atoms with Crippen molar-refractivity contribution in [1.29, 1.82) is 0 Å². The molecule has 0 aliphatic heterocycles. The molecule has 1 heterocycles. The van der Waals surface area contributed by atoms with E-state index in [9.17, 15) is 18.0 Å². The molecule has 2 N–H and O–H groups in total. The number of pyridine rings is 1. The van der Waals surface area contributed by atoms with Crippen molar-refractivity contribution in [1.82, 2.24) is 4.98 Å². The van der Waals surface area contributed by atoms with Gasteiger partial charge in [0.1, 0.15) is 5.82 Å². The van der Waals surface area contributed by atoms with Crippen LogP contribution in [0.1, 0.15) is 67.4 Å². The minimum absolute atomic E-state index is 0.154. The van der Waals surface area contributed by atoms with Gasteiger partial charge in [0.05, 0.1) is 11.1 Å². The summed E-state index contributed by atoms with van der Waals surface area (Å²) in [5.41, 5.74) is 1.79. The summed E-state index contributed by atoms with van der Waals surface area (Å²) < 4.78 is 39.3. The molecule has 2 aromatic carbocycles. The number of carbonyl (C=O) groups is 1. The number of aromatic nitrogens is 1. The highest BCUT2D eigenvalue weighted by atomic mass is 19.4. The van der Waals surface area contributed by atoms with E-state index in [1.54, 1.807) is 12.1 Å². The fourth-order valence-electron chi connectivity index (χ4n) is 6.58. The maximum Gasteiger partial charge on any atom is 0.416 e. The van der Waals surface area contributed by atoms with Crippen LogP contribution in [0.25, 0.3) is 0 Å². The lowest BCUT2D eigenvalue weighted by Crippen LogP contribution is -2.38. The van der Waals surface area contributed by atoms with Crippen LogP contribution in [0.4, 0.5) is 30.4 Å². The molecule has 3 aromatic rings. The van der Waals surface area contributed by atoms with Gasteiger partial charge in [-0.05, 0) is 103 Å². The van der Waals surface area contributed by atoms with Crippen LogP contribution in [-0.4, -0.2) is 10.9 Å². The van der Waals surface area contributed by atoms with Gasteiger partial charge in [-0.1, -0.05) is 32.0 Å². The van der Waals surface area contributed by atoms with Gasteiger partial charge in [0.2, 0.25) is 0 Å². The molecule has 2 saturated carbocycles. The lowest BCUT2D eigenvalue weighted by atomic mass is 9.57. The third-order valence-electron chi connectivity index (χ3n) is 7.96. The summed E-state index contributed by atoms with van der Waals surface area (Å²) in [5, 5.41) is 5.77. The third-order valence-corrected chi connectivity index (χ3v) is 7.96. The van der Waals surface area contributed by atoms with Crippen molar-refractivity contribution in [3.05, 3.63) is 83.6 Å². The second kappa shape index (κ2) is 9.84. The van der Waals surface area contributed by atoms with Crippen LogP contribution >= 0.6 is 0 Å². The van der Waals surface area contributed by atoms with Crippen LogP contribution in [-0.2, 0) is 11.6 Å². The highest BCUT2D eigenvalue weighted by Crippen LogP contribution is 2.51. The Balaban J connectivity index is 1.29. The molecule has 2 aliphatic rings. The maximum absolute atomic E-state index is 13.1. The highest BCUT2D eigenvalue weighted by molar-refractivity contribution is 6.07. The van der Waals surface area contributed by atoms with Crippen LogP contribution in [0.2, 0.25) is 0 Å². The molecule has 2 atom stereocenters. The molecule has 0 radical (unpaired) electrons. The van der Waals surface area contributed by atoms with Crippen molar-refractivity contribution in [2.45, 2.75) is 57.5 Å². The average molecular weight is 508 g/mol. The van der Waals surface area contributed by atoms with E-state index in [0.717, 1.165) is 29.9 Å². The van der Waals surface area contributed by atoms with Gasteiger partial charge in [-0.15, -0.1) is 0 Å². The number of hydrogen-bond donors (Lipinski definition) is 2. The van der Waals surface area contributed by atoms with Gasteiger partial charge in [0, 0.05) is 17.6 Å². The molecule has 37 heavy (non-hydrogen) atoms. The quantitative estimate of drug-likeness (QED) is 0.366. The number of anilines is 3. The Morgan fingerprint density at radius 3 is 2.32 bits per heavy atom. The second-order valence-corrected chi connectivity index (χ2v) is 11.1. The molecule has 194 valence electrons. The Labute approximate surface area is 215 Å². The zero-order valence-electron chi connectivity index (χ0n) is 21.1. The van der Waals surface area contributed by atoms with Crippen LogP contribution in [0.5, 0.6) is 0 Å². The number of amides is 1. The number of rotatable bonds is 5. The molecule has 0 saturated heterocycles. The molecule has 5 rings (SSSR count). The summed E-state index contributed by atoms with van der Waals surface area (Å²) in [6, 6.07) is 16.1. The molecular weight excluding hydrogens is 475 g/mol. The lowest BCUT2D eigenvalue weighted by Gasteiger charge is -2.47. The van der Waals surface area contributed by atoms with Crippen LogP contribution in [0.15, 0.2) is 66.9 Å². The molecule has 1 aromatic heterocycles. The number of nitrogens with zero attached hydrogens (tertiary/aromatic N) is 1. The first-order valence-corrected chi connectivity index (χ1v) is 12.9. The number of halogens is 3. The molecule has 7 heteroatoms. The van der Waals surface area contributed by atoms with Gasteiger partial charge in [0.15, 0.2) is 0 Å². The van der Waals surface area contributed by atoms with Crippen LogP contribution in [0, 0.1) is 17.8 Å². The smallest absolute Gasteiger partial charge is 0.340 e. The Kier molecular flexibility index (Phi) is 6.73. The Bertz CT molecular complexity index is 1250. The fourth-order valence-corrected chi connectivity index (χ4v) is 6.58. The van der Waals surface area contributed by atoms with Crippen molar-refractivity contribution in [3.8, 4) is 0 Å². The van der Waals surface area contributed by atoms with E-state index in [-0.39, 0.29) is 28.4 Å². The summed E-state index contributed by atoms with van der Waals surface area (Å²) in [4.78, 5) is 17.3. The SMILES string of the molecule is CC1CC2CC(C1)CC(C)(c1ccc(NC(=O)c3cccnc3Nc3cccc(C(F)(F)F)c3)cc1)C2. The van der Waals surface area contributed by atoms with Gasteiger partial charge in [-0.3, -0.25) is 4.79 Å². The normalized spacial score (nSPS) is 25.4. The largest absolute Gasteiger partial charge is 0.416 e. The number of alkyl halides is 3. The summed E-state index contributed by atoms with van der Waals surface area (Å²) in [5.74, 6) is 2.21. The standard InChI is InChI=1S/C30H32F3N3O/c1-19-13-20-15-21(14-19)18-29(2,17-20)22-8-10-24(11-9-22)36-28(37)26-7-4-12-34-27(26)35-25-6-3-5-23(16-25)30(31,32)33/h3-12,16,19-21H,13-15,17-18H2,1-2H3,(H,34,35)(H,36,37). The first-order valence-electron chi connectivity index (χ1n) is 12.9. The Morgan fingerprint density at radius 1 is 0.946 bits per heavy atom. The van der Waals surface area contributed by atoms with E-state index in [0.29, 0.717) is 5.69 Å². The monoisotopic (exact) mass is 507 g/mol. The zero-order valence-corrected chi connectivity index (χ0v) is 21.1. The molecule has 2 bridgehead atoms.